The normalized spacial score (nSPS) is 17.1. The maximum absolute atomic E-state index is 8.77. The molecule has 0 bridgehead atoms. The first kappa shape index (κ1) is 8.95. The molecule has 1 fully saturated rings. The molecule has 1 N–H and O–H groups in total. The zero-order valence-electron chi connectivity index (χ0n) is 8.12. The Morgan fingerprint density at radius 1 is 1.50 bits per heavy atom. The first-order valence-electron chi connectivity index (χ1n) is 4.68. The highest BCUT2D eigenvalue weighted by Gasteiger charge is 2.36. The Morgan fingerprint density at radius 3 is 2.86 bits per heavy atom. The molecule has 1 aromatic heterocycles. The van der Waals surface area contributed by atoms with Crippen LogP contribution in [0.1, 0.15) is 25.5 Å². The molecule has 1 heterocycles. The second-order valence-electron chi connectivity index (χ2n) is 4.03. The van der Waals surface area contributed by atoms with Crippen molar-refractivity contribution < 1.29 is 0 Å². The van der Waals surface area contributed by atoms with Crippen LogP contribution in [0.4, 0.5) is 5.82 Å². The van der Waals surface area contributed by atoms with Crippen LogP contribution in [-0.4, -0.2) is 16.5 Å². The van der Waals surface area contributed by atoms with Crippen LogP contribution in [0.2, 0.25) is 0 Å². The summed E-state index contributed by atoms with van der Waals surface area (Å²) in [5.74, 6) is 0.600. The van der Waals surface area contributed by atoms with Gasteiger partial charge in [0.15, 0.2) is 11.5 Å². The molecule has 1 aromatic rings. The zero-order chi connectivity index (χ0) is 10.0. The van der Waals surface area contributed by atoms with E-state index in [1.165, 1.54) is 19.0 Å². The molecule has 0 atom stereocenters. The Morgan fingerprint density at radius 2 is 2.21 bits per heavy atom. The molecule has 2 rings (SSSR count). The lowest BCUT2D eigenvalue weighted by Gasteiger charge is -2.10. The van der Waals surface area contributed by atoms with Crippen molar-refractivity contribution in [3.63, 3.8) is 0 Å². The second-order valence-corrected chi connectivity index (χ2v) is 4.03. The van der Waals surface area contributed by atoms with Crippen LogP contribution in [0, 0.1) is 16.7 Å². The minimum absolute atomic E-state index is 0.372. The smallest absolute Gasteiger partial charge is 0.182 e. The number of anilines is 1. The highest BCUT2D eigenvalue weighted by molar-refractivity contribution is 5.46. The molecular weight excluding hydrogens is 176 g/mol. The maximum Gasteiger partial charge on any atom is 0.182 e. The van der Waals surface area contributed by atoms with Crippen LogP contribution in [0.25, 0.3) is 0 Å². The Hall–Kier alpha value is -1.63. The van der Waals surface area contributed by atoms with E-state index in [-0.39, 0.29) is 0 Å². The number of nitrogens with zero attached hydrogens (tertiary/aromatic N) is 3. The van der Waals surface area contributed by atoms with E-state index in [1.807, 2.05) is 6.07 Å². The Kier molecular flexibility index (Phi) is 2.08. The molecule has 1 aliphatic carbocycles. The molecule has 4 nitrogen and oxygen atoms in total. The summed E-state index contributed by atoms with van der Waals surface area (Å²) >= 11 is 0. The second kappa shape index (κ2) is 3.26. The quantitative estimate of drug-likeness (QED) is 0.781. The Bertz CT molecular complexity index is 376. The molecule has 0 spiro atoms. The van der Waals surface area contributed by atoms with Crippen LogP contribution in [0.15, 0.2) is 12.4 Å². The predicted molar refractivity (Wildman–Crippen MR) is 52.6 cm³/mol. The van der Waals surface area contributed by atoms with Gasteiger partial charge in [-0.25, -0.2) is 9.97 Å². The van der Waals surface area contributed by atoms with Crippen LogP contribution in [0.3, 0.4) is 0 Å². The number of hydrogen-bond acceptors (Lipinski definition) is 4. The van der Waals surface area contributed by atoms with Crippen molar-refractivity contribution in [1.82, 2.24) is 9.97 Å². The number of hydrogen-bond donors (Lipinski definition) is 1. The van der Waals surface area contributed by atoms with Crippen molar-refractivity contribution in [3.8, 4) is 6.07 Å². The summed E-state index contributed by atoms with van der Waals surface area (Å²) in [6, 6.07) is 2.02. The number of rotatable bonds is 3. The third kappa shape index (κ3) is 1.82. The van der Waals surface area contributed by atoms with Crippen LogP contribution < -0.4 is 5.32 Å². The van der Waals surface area contributed by atoms with Crippen LogP contribution in [0.5, 0.6) is 0 Å². The van der Waals surface area contributed by atoms with E-state index in [4.69, 9.17) is 5.26 Å². The first-order valence-corrected chi connectivity index (χ1v) is 4.68. The van der Waals surface area contributed by atoms with E-state index in [9.17, 15) is 0 Å². The minimum atomic E-state index is 0.372. The molecule has 14 heavy (non-hydrogen) atoms. The molecule has 0 amide bonds. The number of nitriles is 1. The van der Waals surface area contributed by atoms with E-state index in [0.29, 0.717) is 16.9 Å². The molecule has 0 aromatic carbocycles. The lowest BCUT2D eigenvalue weighted by molar-refractivity contribution is 0.609. The fourth-order valence-corrected chi connectivity index (χ4v) is 1.24. The summed E-state index contributed by atoms with van der Waals surface area (Å²) in [6.45, 7) is 3.10. The van der Waals surface area contributed by atoms with Crippen molar-refractivity contribution in [3.05, 3.63) is 18.1 Å². The molecule has 0 aliphatic heterocycles. The van der Waals surface area contributed by atoms with Gasteiger partial charge in [0.25, 0.3) is 0 Å². The van der Waals surface area contributed by atoms with E-state index in [1.54, 1.807) is 6.20 Å². The van der Waals surface area contributed by atoms with Gasteiger partial charge in [-0.2, -0.15) is 5.26 Å². The zero-order valence-corrected chi connectivity index (χ0v) is 8.12. The summed E-state index contributed by atoms with van der Waals surface area (Å²) in [7, 11) is 0. The lowest BCUT2D eigenvalue weighted by atomic mass is 10.1. The fraction of sp³-hybridized carbons (Fsp3) is 0.500. The monoisotopic (exact) mass is 188 g/mol. The summed E-state index contributed by atoms with van der Waals surface area (Å²) in [4.78, 5) is 8.02. The molecule has 0 saturated heterocycles. The van der Waals surface area contributed by atoms with Crippen molar-refractivity contribution >= 4 is 5.82 Å². The first-order chi connectivity index (χ1) is 6.73. The van der Waals surface area contributed by atoms with Gasteiger partial charge >= 0.3 is 0 Å². The van der Waals surface area contributed by atoms with Gasteiger partial charge in [0.1, 0.15) is 6.07 Å². The van der Waals surface area contributed by atoms with Gasteiger partial charge in [-0.1, -0.05) is 6.92 Å². The minimum Gasteiger partial charge on any atom is -0.367 e. The summed E-state index contributed by atoms with van der Waals surface area (Å²) in [5, 5.41) is 11.9. The van der Waals surface area contributed by atoms with Gasteiger partial charge in [0.05, 0.1) is 0 Å². The average molecular weight is 188 g/mol. The van der Waals surface area contributed by atoms with Gasteiger partial charge in [0.2, 0.25) is 0 Å². The molecule has 1 aliphatic rings. The van der Waals surface area contributed by atoms with Crippen LogP contribution in [-0.2, 0) is 0 Å². The number of nitrogens with one attached hydrogen (secondary N) is 1. The number of aromatic nitrogens is 2. The Labute approximate surface area is 83.0 Å². The third-order valence-electron chi connectivity index (χ3n) is 2.59. The fourth-order valence-electron chi connectivity index (χ4n) is 1.24. The van der Waals surface area contributed by atoms with Gasteiger partial charge in [-0.3, -0.25) is 0 Å². The lowest BCUT2D eigenvalue weighted by Crippen LogP contribution is -2.13. The van der Waals surface area contributed by atoms with Gasteiger partial charge < -0.3 is 5.32 Å². The van der Waals surface area contributed by atoms with Crippen molar-refractivity contribution in [2.24, 2.45) is 5.41 Å². The van der Waals surface area contributed by atoms with Gasteiger partial charge in [-0.05, 0) is 18.3 Å². The van der Waals surface area contributed by atoms with Crippen LogP contribution >= 0.6 is 0 Å². The average Bonchev–Trinajstić information content (AvgIpc) is 2.95. The summed E-state index contributed by atoms with van der Waals surface area (Å²) < 4.78 is 0. The maximum atomic E-state index is 8.77. The van der Waals surface area contributed by atoms with E-state index in [2.05, 4.69) is 22.2 Å². The van der Waals surface area contributed by atoms with E-state index in [0.717, 1.165) is 6.54 Å². The summed E-state index contributed by atoms with van der Waals surface area (Å²) in [5.41, 5.74) is 0.779. The largest absolute Gasteiger partial charge is 0.367 e. The molecule has 1 saturated carbocycles. The molecule has 0 radical (unpaired) electrons. The van der Waals surface area contributed by atoms with E-state index < -0.39 is 0 Å². The highest BCUT2D eigenvalue weighted by atomic mass is 15.0. The van der Waals surface area contributed by atoms with Crippen molar-refractivity contribution in [1.29, 1.82) is 5.26 Å². The summed E-state index contributed by atoms with van der Waals surface area (Å²) in [6.07, 6.45) is 5.63. The molecule has 72 valence electrons. The van der Waals surface area contributed by atoms with E-state index >= 15 is 0 Å². The Balaban J connectivity index is 2.05. The molecular formula is C10H12N4. The predicted octanol–water partition coefficient (Wildman–Crippen LogP) is 1.56. The van der Waals surface area contributed by atoms with Gasteiger partial charge in [0, 0.05) is 18.9 Å². The highest BCUT2D eigenvalue weighted by Crippen LogP contribution is 2.44. The molecule has 0 unspecified atom stereocenters. The molecule has 4 heteroatoms. The van der Waals surface area contributed by atoms with Gasteiger partial charge in [-0.15, -0.1) is 0 Å². The van der Waals surface area contributed by atoms with Crippen molar-refractivity contribution in [2.45, 2.75) is 19.8 Å². The third-order valence-corrected chi connectivity index (χ3v) is 2.59. The SMILES string of the molecule is CC1(CNc2nccnc2C#N)CC1. The standard InChI is InChI=1S/C10H12N4/c1-10(2-3-10)7-14-9-8(6-11)12-4-5-13-9/h4-5H,2-3,7H2,1H3,(H,13,14). The van der Waals surface area contributed by atoms with Crippen molar-refractivity contribution in [2.75, 3.05) is 11.9 Å². The topological polar surface area (TPSA) is 61.6 Å².